The second-order valence-electron chi connectivity index (χ2n) is 9.15. The van der Waals surface area contributed by atoms with E-state index in [2.05, 4.69) is 10.3 Å². The number of fused-ring (bicyclic) bond motifs is 2. The van der Waals surface area contributed by atoms with Crippen LogP contribution in [0.5, 0.6) is 0 Å². The lowest BCUT2D eigenvalue weighted by atomic mass is 9.84. The van der Waals surface area contributed by atoms with Crippen molar-refractivity contribution < 1.29 is 19.3 Å². The molecule has 3 atom stereocenters. The molecule has 3 unspecified atom stereocenters. The maximum atomic E-state index is 13.8. The van der Waals surface area contributed by atoms with Gasteiger partial charge in [0.25, 0.3) is 5.69 Å². The minimum Gasteiger partial charge on any atom is -0.325 e. The Morgan fingerprint density at radius 1 is 1.00 bits per heavy atom. The number of imide groups is 1. The highest BCUT2D eigenvalue weighted by Crippen LogP contribution is 2.53. The molecule has 2 aromatic heterocycles. The Kier molecular flexibility index (Phi) is 6.52. The van der Waals surface area contributed by atoms with Crippen molar-refractivity contribution in [3.05, 3.63) is 109 Å². The highest BCUT2D eigenvalue weighted by Gasteiger charge is 2.57. The number of nitrogens with zero attached hydrogens (tertiary/aromatic N) is 4. The summed E-state index contributed by atoms with van der Waals surface area (Å²) < 4.78 is 1.34. The predicted octanol–water partition coefficient (Wildman–Crippen LogP) is 3.65. The lowest BCUT2D eigenvalue weighted by Crippen LogP contribution is -2.33. The van der Waals surface area contributed by atoms with Crippen LogP contribution in [0.15, 0.2) is 88.9 Å². The summed E-state index contributed by atoms with van der Waals surface area (Å²) in [6, 6.07) is 17.6. The van der Waals surface area contributed by atoms with Crippen LogP contribution in [-0.4, -0.2) is 37.4 Å². The van der Waals surface area contributed by atoms with E-state index in [1.165, 1.54) is 28.8 Å². The SMILES string of the molecule is O=C(Cn1c2c(sc1=O)C(c1cccnc1)C1C(=O)N(c3ccc([N+](=O)[O-])cc3)C(=O)C1S2)Nc1ccccc1. The number of nitro groups is 1. The van der Waals surface area contributed by atoms with Gasteiger partial charge in [-0.3, -0.25) is 38.8 Å². The minimum absolute atomic E-state index is 0.164. The zero-order valence-electron chi connectivity index (χ0n) is 20.5. The van der Waals surface area contributed by atoms with E-state index in [-0.39, 0.29) is 22.8 Å². The molecule has 40 heavy (non-hydrogen) atoms. The number of nitrogens with one attached hydrogen (secondary N) is 1. The van der Waals surface area contributed by atoms with Gasteiger partial charge in [0.2, 0.25) is 17.7 Å². The number of para-hydroxylation sites is 1. The Balaban J connectivity index is 1.39. The third kappa shape index (κ3) is 4.38. The van der Waals surface area contributed by atoms with Gasteiger partial charge in [0.1, 0.15) is 11.8 Å². The second kappa shape index (κ2) is 10.2. The molecule has 1 N–H and O–H groups in total. The molecule has 0 bridgehead atoms. The van der Waals surface area contributed by atoms with Gasteiger partial charge in [-0.15, -0.1) is 0 Å². The van der Waals surface area contributed by atoms with Crippen molar-refractivity contribution in [3.63, 3.8) is 0 Å². The van der Waals surface area contributed by atoms with Crippen molar-refractivity contribution in [1.82, 2.24) is 9.55 Å². The van der Waals surface area contributed by atoms with Crippen LogP contribution in [0, 0.1) is 16.0 Å². The summed E-state index contributed by atoms with van der Waals surface area (Å²) in [6.45, 7) is -0.266. The molecule has 0 saturated carbocycles. The average molecular weight is 574 g/mol. The maximum Gasteiger partial charge on any atom is 0.308 e. The number of pyridine rings is 1. The third-order valence-corrected chi connectivity index (χ3v) is 9.37. The smallest absolute Gasteiger partial charge is 0.308 e. The Morgan fingerprint density at radius 3 is 2.42 bits per heavy atom. The van der Waals surface area contributed by atoms with E-state index in [4.69, 9.17) is 0 Å². The van der Waals surface area contributed by atoms with E-state index < -0.39 is 39.7 Å². The fourth-order valence-corrected chi connectivity index (χ4v) is 7.79. The number of hydrogen-bond donors (Lipinski definition) is 1. The first-order valence-electron chi connectivity index (χ1n) is 12.1. The van der Waals surface area contributed by atoms with E-state index in [9.17, 15) is 29.3 Å². The molecule has 0 radical (unpaired) electrons. The number of rotatable bonds is 6. The van der Waals surface area contributed by atoms with Crippen LogP contribution in [0.2, 0.25) is 0 Å². The van der Waals surface area contributed by atoms with Crippen LogP contribution in [0.25, 0.3) is 0 Å². The van der Waals surface area contributed by atoms with Crippen molar-refractivity contribution in [2.24, 2.45) is 5.92 Å². The Hall–Kier alpha value is -4.62. The molecule has 2 aliphatic heterocycles. The fraction of sp³-hybridized carbons (Fsp3) is 0.148. The number of amides is 3. The summed E-state index contributed by atoms with van der Waals surface area (Å²) in [4.78, 5) is 69.6. The molecular weight excluding hydrogens is 554 g/mol. The molecule has 0 aliphatic carbocycles. The van der Waals surface area contributed by atoms with Crippen molar-refractivity contribution in [3.8, 4) is 0 Å². The van der Waals surface area contributed by atoms with Gasteiger partial charge in [-0.1, -0.05) is 47.4 Å². The zero-order valence-corrected chi connectivity index (χ0v) is 22.1. The summed E-state index contributed by atoms with van der Waals surface area (Å²) >= 11 is 2.04. The van der Waals surface area contributed by atoms with E-state index in [1.54, 1.807) is 48.8 Å². The van der Waals surface area contributed by atoms with Crippen molar-refractivity contribution in [1.29, 1.82) is 0 Å². The van der Waals surface area contributed by atoms with Crippen molar-refractivity contribution >= 4 is 57.9 Å². The minimum atomic E-state index is -0.877. The van der Waals surface area contributed by atoms with E-state index in [0.29, 0.717) is 21.2 Å². The van der Waals surface area contributed by atoms with Gasteiger partial charge < -0.3 is 5.32 Å². The van der Waals surface area contributed by atoms with Crippen LogP contribution in [-0.2, 0) is 20.9 Å². The normalized spacial score (nSPS) is 19.7. The molecule has 4 aromatic rings. The van der Waals surface area contributed by atoms with Gasteiger partial charge in [0.05, 0.1) is 21.6 Å². The summed E-state index contributed by atoms with van der Waals surface area (Å²) in [5.41, 5.74) is 1.31. The van der Waals surface area contributed by atoms with E-state index in [0.717, 1.165) is 28.0 Å². The van der Waals surface area contributed by atoms with Crippen LogP contribution >= 0.6 is 23.1 Å². The van der Waals surface area contributed by atoms with Gasteiger partial charge in [-0.05, 0) is 35.9 Å². The fourth-order valence-electron chi connectivity index (χ4n) is 5.02. The molecule has 1 saturated heterocycles. The molecule has 4 heterocycles. The van der Waals surface area contributed by atoms with Gasteiger partial charge >= 0.3 is 4.87 Å². The van der Waals surface area contributed by atoms with Gasteiger partial charge in [-0.2, -0.15) is 0 Å². The second-order valence-corrected chi connectivity index (χ2v) is 11.3. The first kappa shape index (κ1) is 25.6. The lowest BCUT2D eigenvalue weighted by molar-refractivity contribution is -0.384. The van der Waals surface area contributed by atoms with Crippen LogP contribution in [0.4, 0.5) is 17.1 Å². The summed E-state index contributed by atoms with van der Waals surface area (Å²) in [5, 5.41) is 13.4. The molecule has 200 valence electrons. The molecule has 11 nitrogen and oxygen atoms in total. The van der Waals surface area contributed by atoms with Gasteiger partial charge in [0.15, 0.2) is 0 Å². The summed E-state index contributed by atoms with van der Waals surface area (Å²) in [5.74, 6) is -2.85. The summed E-state index contributed by atoms with van der Waals surface area (Å²) in [6.07, 6.45) is 3.19. The van der Waals surface area contributed by atoms with Crippen LogP contribution < -0.4 is 15.1 Å². The Labute approximate surface area is 234 Å². The Morgan fingerprint density at radius 2 is 1.75 bits per heavy atom. The lowest BCUT2D eigenvalue weighted by Gasteiger charge is -2.30. The first-order chi connectivity index (χ1) is 19.3. The maximum absolute atomic E-state index is 13.8. The quantitative estimate of drug-likeness (QED) is 0.209. The van der Waals surface area contributed by atoms with Crippen molar-refractivity contribution in [2.45, 2.75) is 22.7 Å². The zero-order chi connectivity index (χ0) is 28.0. The highest BCUT2D eigenvalue weighted by atomic mass is 32.2. The summed E-state index contributed by atoms with van der Waals surface area (Å²) in [7, 11) is 0. The number of thiazole rings is 1. The number of anilines is 2. The van der Waals surface area contributed by atoms with Crippen molar-refractivity contribution in [2.75, 3.05) is 10.2 Å². The van der Waals surface area contributed by atoms with E-state index >= 15 is 0 Å². The topological polar surface area (TPSA) is 145 Å². The number of thioether (sulfide) groups is 1. The molecule has 3 amide bonds. The van der Waals surface area contributed by atoms with E-state index in [1.807, 2.05) is 6.07 Å². The van der Waals surface area contributed by atoms with Gasteiger partial charge in [-0.25, -0.2) is 4.90 Å². The Bertz CT molecular complexity index is 1700. The van der Waals surface area contributed by atoms with Crippen LogP contribution in [0.1, 0.15) is 16.4 Å². The molecular formula is C27H19N5O6S2. The monoisotopic (exact) mass is 573 g/mol. The molecule has 6 rings (SSSR count). The average Bonchev–Trinajstić information content (AvgIpc) is 3.40. The molecule has 0 spiro atoms. The number of carbonyl (C=O) groups is 3. The number of benzene rings is 2. The van der Waals surface area contributed by atoms with Gasteiger partial charge in [0, 0.05) is 41.0 Å². The standard InChI is InChI=1S/C27H19N5O6S2/c33-19(29-16-6-2-1-3-7-16)14-30-26-23(40-27(30)36)20(15-5-4-12-28-13-15)21-22(39-26)25(35)31(24(21)34)17-8-10-18(11-9-17)32(37)38/h1-13,20-22H,14H2,(H,29,33). The molecule has 2 aliphatic rings. The number of aromatic nitrogens is 2. The highest BCUT2D eigenvalue weighted by molar-refractivity contribution is 8.00. The number of non-ortho nitro benzene ring substituents is 1. The predicted molar refractivity (Wildman–Crippen MR) is 148 cm³/mol. The molecule has 2 aromatic carbocycles. The largest absolute Gasteiger partial charge is 0.325 e. The first-order valence-corrected chi connectivity index (χ1v) is 13.8. The number of nitro benzene ring substituents is 1. The third-order valence-electron chi connectivity index (χ3n) is 6.77. The molecule has 13 heteroatoms. The molecule has 1 fully saturated rings. The van der Waals surface area contributed by atoms with Crippen LogP contribution in [0.3, 0.4) is 0 Å². The number of carbonyl (C=O) groups excluding carboxylic acids is 3. The number of hydrogen-bond acceptors (Lipinski definition) is 9.